The van der Waals surface area contributed by atoms with Gasteiger partial charge in [0.05, 0.1) is 0 Å². The van der Waals surface area contributed by atoms with Crippen molar-refractivity contribution in [3.05, 3.63) is 58.8 Å². The van der Waals surface area contributed by atoms with Gasteiger partial charge < -0.3 is 14.0 Å². The van der Waals surface area contributed by atoms with Gasteiger partial charge >= 0.3 is 0 Å². The van der Waals surface area contributed by atoms with Crippen LogP contribution in [0.3, 0.4) is 0 Å². The van der Waals surface area contributed by atoms with Gasteiger partial charge in [0, 0.05) is 62.7 Å². The average molecular weight is 353 g/mol. The summed E-state index contributed by atoms with van der Waals surface area (Å²) in [5.41, 5.74) is 1.21. The molecule has 1 saturated heterocycles. The number of nitrogens with zero attached hydrogens (tertiary/aromatic N) is 3. The maximum Gasteiger partial charge on any atom is 0.250 e. The first-order valence-electron chi connectivity index (χ1n) is 9.79. The summed E-state index contributed by atoms with van der Waals surface area (Å²) in [7, 11) is 0. The van der Waals surface area contributed by atoms with E-state index in [-0.39, 0.29) is 11.5 Å². The van der Waals surface area contributed by atoms with Gasteiger partial charge in [-0.25, -0.2) is 0 Å². The van der Waals surface area contributed by atoms with E-state index in [1.165, 1.54) is 0 Å². The molecular formula is C21H27N3O2. The van der Waals surface area contributed by atoms with Crippen molar-refractivity contribution < 1.29 is 4.79 Å². The molecule has 2 aromatic rings. The topological polar surface area (TPSA) is 47.2 Å². The minimum atomic E-state index is 0.0969. The van der Waals surface area contributed by atoms with E-state index in [9.17, 15) is 9.59 Å². The summed E-state index contributed by atoms with van der Waals surface area (Å²) in [5.74, 6) is 1.01. The molecule has 0 aromatic carbocycles. The van der Waals surface area contributed by atoms with Crippen LogP contribution in [0, 0.1) is 5.92 Å². The molecule has 26 heavy (non-hydrogen) atoms. The molecule has 138 valence electrons. The molecule has 4 rings (SSSR count). The normalized spacial score (nSPS) is 21.5. The Morgan fingerprint density at radius 1 is 1.00 bits per heavy atom. The van der Waals surface area contributed by atoms with E-state index >= 15 is 0 Å². The average Bonchev–Trinajstić information content (AvgIpc) is 3.15. The summed E-state index contributed by atoms with van der Waals surface area (Å²) in [4.78, 5) is 26.8. The van der Waals surface area contributed by atoms with E-state index in [1.807, 2.05) is 27.7 Å². The molecule has 0 unspecified atom stereocenters. The number of hydrogen-bond acceptors (Lipinski definition) is 2. The van der Waals surface area contributed by atoms with Crippen LogP contribution < -0.4 is 5.56 Å². The summed E-state index contributed by atoms with van der Waals surface area (Å²) in [6.45, 7) is 3.36. The highest BCUT2D eigenvalue weighted by Crippen LogP contribution is 2.35. The van der Waals surface area contributed by atoms with Crippen LogP contribution in [0.1, 0.15) is 43.7 Å². The Balaban J connectivity index is 1.28. The number of amides is 1. The second kappa shape index (κ2) is 7.52. The molecule has 5 heteroatoms. The van der Waals surface area contributed by atoms with Gasteiger partial charge in [0.15, 0.2) is 0 Å². The Kier molecular flexibility index (Phi) is 4.96. The maximum absolute atomic E-state index is 12.7. The van der Waals surface area contributed by atoms with E-state index < -0.39 is 0 Å². The first kappa shape index (κ1) is 17.1. The van der Waals surface area contributed by atoms with Crippen LogP contribution in [0.15, 0.2) is 47.5 Å². The third-order valence-electron chi connectivity index (χ3n) is 5.81. The monoisotopic (exact) mass is 353 g/mol. The second-order valence-electron chi connectivity index (χ2n) is 7.73. The number of carbonyl (C=O) groups excluding carboxylic acids is 1. The Morgan fingerprint density at radius 2 is 1.85 bits per heavy atom. The van der Waals surface area contributed by atoms with E-state index in [0.29, 0.717) is 18.3 Å². The van der Waals surface area contributed by atoms with Gasteiger partial charge in [-0.2, -0.15) is 0 Å². The van der Waals surface area contributed by atoms with Gasteiger partial charge in [-0.1, -0.05) is 12.5 Å². The fourth-order valence-electron chi connectivity index (χ4n) is 4.52. The van der Waals surface area contributed by atoms with E-state index in [1.54, 1.807) is 6.07 Å². The number of pyridine rings is 1. The zero-order valence-electron chi connectivity index (χ0n) is 15.2. The Hall–Kier alpha value is -2.30. The number of carbonyl (C=O) groups is 1. The highest BCUT2D eigenvalue weighted by atomic mass is 16.2. The molecule has 2 aliphatic heterocycles. The number of aromatic nitrogens is 2. The van der Waals surface area contributed by atoms with Gasteiger partial charge in [0.2, 0.25) is 5.91 Å². The van der Waals surface area contributed by atoms with Gasteiger partial charge in [-0.05, 0) is 43.4 Å². The number of aryl methyl sites for hydroxylation is 1. The van der Waals surface area contributed by atoms with Gasteiger partial charge in [0.1, 0.15) is 0 Å². The quantitative estimate of drug-likeness (QED) is 0.750. The van der Waals surface area contributed by atoms with Crippen molar-refractivity contribution in [3.63, 3.8) is 0 Å². The van der Waals surface area contributed by atoms with Gasteiger partial charge in [-0.3, -0.25) is 9.59 Å². The third-order valence-corrected chi connectivity index (χ3v) is 5.81. The SMILES string of the molecule is O=C(CCCCCn1cccc1)N1C[C@H]2C[C@@H](C1)c1cccc(=O)n1C2. The van der Waals surface area contributed by atoms with Gasteiger partial charge in [0.25, 0.3) is 5.56 Å². The lowest BCUT2D eigenvalue weighted by Gasteiger charge is -2.42. The van der Waals surface area contributed by atoms with Crippen molar-refractivity contribution in [1.29, 1.82) is 0 Å². The zero-order valence-corrected chi connectivity index (χ0v) is 15.2. The highest BCUT2D eigenvalue weighted by Gasteiger charge is 2.35. The van der Waals surface area contributed by atoms with Gasteiger partial charge in [-0.15, -0.1) is 0 Å². The zero-order chi connectivity index (χ0) is 17.9. The molecule has 4 heterocycles. The lowest BCUT2D eigenvalue weighted by Crippen LogP contribution is -2.49. The molecule has 0 aliphatic carbocycles. The Bertz CT molecular complexity index is 809. The number of rotatable bonds is 6. The minimum Gasteiger partial charge on any atom is -0.354 e. The van der Waals surface area contributed by atoms with Crippen molar-refractivity contribution in [3.8, 4) is 0 Å². The van der Waals surface area contributed by atoms with Crippen molar-refractivity contribution in [2.45, 2.75) is 51.1 Å². The van der Waals surface area contributed by atoms with Crippen LogP contribution in [0.2, 0.25) is 0 Å². The fraction of sp³-hybridized carbons (Fsp3) is 0.524. The molecule has 0 N–H and O–H groups in total. The Morgan fingerprint density at radius 3 is 2.69 bits per heavy atom. The standard InChI is InChI=1S/C21H27N3O2/c25-20(8-2-1-3-10-22-11-4-5-12-22)23-14-17-13-18(16-23)19-7-6-9-21(26)24(19)15-17/h4-7,9,11-12,17-18H,1-3,8,10,13-16H2/t17-,18+/m1/s1. The highest BCUT2D eigenvalue weighted by molar-refractivity contribution is 5.76. The number of fused-ring (bicyclic) bond motifs is 4. The molecular weight excluding hydrogens is 326 g/mol. The van der Waals surface area contributed by atoms with Crippen LogP contribution in [-0.2, 0) is 17.9 Å². The summed E-state index contributed by atoms with van der Waals surface area (Å²) >= 11 is 0. The molecule has 1 fully saturated rings. The van der Waals surface area contributed by atoms with Crippen molar-refractivity contribution >= 4 is 5.91 Å². The lowest BCUT2D eigenvalue weighted by molar-refractivity contribution is -0.134. The van der Waals surface area contributed by atoms with Crippen LogP contribution in [0.5, 0.6) is 0 Å². The lowest BCUT2D eigenvalue weighted by atomic mass is 9.83. The molecule has 0 saturated carbocycles. The van der Waals surface area contributed by atoms with E-state index in [0.717, 1.165) is 57.6 Å². The first-order chi connectivity index (χ1) is 12.7. The third kappa shape index (κ3) is 3.62. The molecule has 0 spiro atoms. The smallest absolute Gasteiger partial charge is 0.250 e. The summed E-state index contributed by atoms with van der Waals surface area (Å²) < 4.78 is 4.11. The van der Waals surface area contributed by atoms with Crippen molar-refractivity contribution in [2.24, 2.45) is 5.92 Å². The van der Waals surface area contributed by atoms with Crippen LogP contribution in [0.4, 0.5) is 0 Å². The van der Waals surface area contributed by atoms with E-state index in [4.69, 9.17) is 0 Å². The number of unbranched alkanes of at least 4 members (excludes halogenated alkanes) is 2. The van der Waals surface area contributed by atoms with Crippen LogP contribution in [-0.4, -0.2) is 33.0 Å². The molecule has 2 bridgehead atoms. The molecule has 5 nitrogen and oxygen atoms in total. The maximum atomic E-state index is 12.7. The molecule has 2 atom stereocenters. The van der Waals surface area contributed by atoms with E-state index in [2.05, 4.69) is 23.0 Å². The largest absolute Gasteiger partial charge is 0.354 e. The molecule has 2 aliphatic rings. The van der Waals surface area contributed by atoms with Crippen molar-refractivity contribution in [1.82, 2.24) is 14.0 Å². The Labute approximate surface area is 154 Å². The number of piperidine rings is 1. The van der Waals surface area contributed by atoms with Crippen LogP contribution in [0.25, 0.3) is 0 Å². The first-order valence-corrected chi connectivity index (χ1v) is 9.79. The van der Waals surface area contributed by atoms with Crippen LogP contribution >= 0.6 is 0 Å². The number of hydrogen-bond donors (Lipinski definition) is 0. The summed E-state index contributed by atoms with van der Waals surface area (Å²) in [6.07, 6.45) is 9.08. The predicted octanol–water partition coefficient (Wildman–Crippen LogP) is 2.86. The summed E-state index contributed by atoms with van der Waals surface area (Å²) in [6, 6.07) is 9.63. The molecule has 0 radical (unpaired) electrons. The fourth-order valence-corrected chi connectivity index (χ4v) is 4.52. The molecule has 1 amide bonds. The molecule has 2 aromatic heterocycles. The minimum absolute atomic E-state index is 0.0969. The van der Waals surface area contributed by atoms with Crippen molar-refractivity contribution in [2.75, 3.05) is 13.1 Å². The second-order valence-corrected chi connectivity index (χ2v) is 7.73. The predicted molar refractivity (Wildman–Crippen MR) is 101 cm³/mol. The number of likely N-dealkylation sites (tertiary alicyclic amines) is 1. The summed E-state index contributed by atoms with van der Waals surface area (Å²) in [5, 5.41) is 0.